The molecule has 0 spiro atoms. The predicted molar refractivity (Wildman–Crippen MR) is 112 cm³/mol. The molecule has 1 N–H and O–H groups in total. The SMILES string of the molecule is COCOc1c(Pc2ccc(C)cc2C(C)O)cc(C)cc1C(C)(C)C. The van der Waals surface area contributed by atoms with Crippen molar-refractivity contribution >= 4 is 19.2 Å². The lowest BCUT2D eigenvalue weighted by Gasteiger charge is -2.26. The third kappa shape index (κ3) is 5.07. The fourth-order valence-corrected chi connectivity index (χ4v) is 4.49. The highest BCUT2D eigenvalue weighted by Gasteiger charge is 2.23. The van der Waals surface area contributed by atoms with Crippen molar-refractivity contribution in [1.82, 2.24) is 0 Å². The van der Waals surface area contributed by atoms with Crippen molar-refractivity contribution in [2.75, 3.05) is 13.9 Å². The monoisotopic (exact) mass is 374 g/mol. The first-order valence-corrected chi connectivity index (χ1v) is 9.96. The van der Waals surface area contributed by atoms with Gasteiger partial charge in [-0.05, 0) is 48.7 Å². The minimum atomic E-state index is -0.493. The number of aryl methyl sites for hydroxylation is 2. The summed E-state index contributed by atoms with van der Waals surface area (Å²) in [7, 11) is 2.04. The smallest absolute Gasteiger partial charge is 0.188 e. The molecule has 2 atom stereocenters. The van der Waals surface area contributed by atoms with Gasteiger partial charge in [0.05, 0.1) is 6.10 Å². The number of ether oxygens (including phenoxy) is 2. The molecule has 4 heteroatoms. The number of methoxy groups -OCH3 is 1. The van der Waals surface area contributed by atoms with Crippen LogP contribution in [-0.4, -0.2) is 19.0 Å². The summed E-state index contributed by atoms with van der Waals surface area (Å²) in [4.78, 5) is 0. The summed E-state index contributed by atoms with van der Waals surface area (Å²) in [5.74, 6) is 0.903. The second kappa shape index (κ2) is 8.52. The first-order chi connectivity index (χ1) is 12.1. The number of rotatable bonds is 6. The number of aliphatic hydroxyl groups is 1. The number of aliphatic hydroxyl groups excluding tert-OH is 1. The van der Waals surface area contributed by atoms with Gasteiger partial charge in [-0.2, -0.15) is 0 Å². The van der Waals surface area contributed by atoms with Crippen molar-refractivity contribution in [2.24, 2.45) is 0 Å². The van der Waals surface area contributed by atoms with Crippen molar-refractivity contribution in [3.8, 4) is 5.75 Å². The van der Waals surface area contributed by atoms with Crippen LogP contribution in [0.2, 0.25) is 0 Å². The van der Waals surface area contributed by atoms with Crippen LogP contribution in [0.3, 0.4) is 0 Å². The maximum absolute atomic E-state index is 10.2. The Balaban J connectivity index is 2.57. The Labute approximate surface area is 159 Å². The van der Waals surface area contributed by atoms with E-state index in [1.54, 1.807) is 7.11 Å². The molecule has 2 aromatic carbocycles. The predicted octanol–water partition coefficient (Wildman–Crippen LogP) is 4.27. The summed E-state index contributed by atoms with van der Waals surface area (Å²) in [6, 6.07) is 10.7. The van der Waals surface area contributed by atoms with Gasteiger partial charge in [-0.1, -0.05) is 59.2 Å². The van der Waals surface area contributed by atoms with Crippen LogP contribution < -0.4 is 15.3 Å². The normalized spacial score (nSPS) is 13.4. The van der Waals surface area contributed by atoms with Crippen LogP contribution in [0, 0.1) is 13.8 Å². The summed E-state index contributed by atoms with van der Waals surface area (Å²) in [5, 5.41) is 12.5. The van der Waals surface area contributed by atoms with E-state index in [2.05, 4.69) is 65.0 Å². The minimum Gasteiger partial charge on any atom is -0.467 e. The molecule has 0 radical (unpaired) electrons. The van der Waals surface area contributed by atoms with Crippen molar-refractivity contribution in [3.05, 3.63) is 52.6 Å². The molecule has 2 unspecified atom stereocenters. The third-order valence-electron chi connectivity index (χ3n) is 4.29. The van der Waals surface area contributed by atoms with E-state index in [1.165, 1.54) is 11.1 Å². The van der Waals surface area contributed by atoms with E-state index in [0.717, 1.165) is 27.5 Å². The van der Waals surface area contributed by atoms with Gasteiger partial charge in [-0.25, -0.2) is 0 Å². The largest absolute Gasteiger partial charge is 0.467 e. The van der Waals surface area contributed by atoms with E-state index in [0.29, 0.717) is 8.58 Å². The molecule has 142 valence electrons. The highest BCUT2D eigenvalue weighted by molar-refractivity contribution is 7.55. The Kier molecular flexibility index (Phi) is 6.85. The Morgan fingerprint density at radius 3 is 2.31 bits per heavy atom. The molecule has 26 heavy (non-hydrogen) atoms. The molecular formula is C22H31O3P. The number of benzene rings is 2. The van der Waals surface area contributed by atoms with Crippen LogP contribution in [0.1, 0.15) is 56.1 Å². The van der Waals surface area contributed by atoms with E-state index < -0.39 is 6.10 Å². The van der Waals surface area contributed by atoms with Gasteiger partial charge in [0, 0.05) is 18.0 Å². The standard InChI is InChI=1S/C22H31O3P/c1-14-8-9-19(17(10-14)16(3)23)26-20-12-15(2)11-18(22(4,5)6)21(20)25-13-24-7/h8-12,16,23,26H,13H2,1-7H3. The van der Waals surface area contributed by atoms with E-state index in [4.69, 9.17) is 9.47 Å². The van der Waals surface area contributed by atoms with Gasteiger partial charge in [0.1, 0.15) is 5.75 Å². The zero-order chi connectivity index (χ0) is 19.5. The molecule has 0 aliphatic carbocycles. The first-order valence-electron chi connectivity index (χ1n) is 8.96. The molecule has 0 aromatic heterocycles. The molecule has 0 aliphatic rings. The van der Waals surface area contributed by atoms with Crippen molar-refractivity contribution < 1.29 is 14.6 Å². The van der Waals surface area contributed by atoms with Gasteiger partial charge < -0.3 is 14.6 Å². The fourth-order valence-electron chi connectivity index (χ4n) is 2.98. The highest BCUT2D eigenvalue weighted by atomic mass is 31.1. The van der Waals surface area contributed by atoms with Gasteiger partial charge in [0.15, 0.2) is 6.79 Å². The summed E-state index contributed by atoms with van der Waals surface area (Å²) >= 11 is 0. The van der Waals surface area contributed by atoms with Gasteiger partial charge in [0.25, 0.3) is 0 Å². The van der Waals surface area contributed by atoms with Crippen LogP contribution in [0.15, 0.2) is 30.3 Å². The maximum atomic E-state index is 10.2. The van der Waals surface area contributed by atoms with Crippen LogP contribution in [0.4, 0.5) is 0 Å². The lowest BCUT2D eigenvalue weighted by atomic mass is 9.85. The molecule has 0 aliphatic heterocycles. The zero-order valence-corrected chi connectivity index (χ0v) is 17.9. The molecule has 0 fully saturated rings. The molecule has 0 heterocycles. The average Bonchev–Trinajstić information content (AvgIpc) is 2.54. The number of hydrogen-bond acceptors (Lipinski definition) is 3. The van der Waals surface area contributed by atoms with Crippen molar-refractivity contribution in [1.29, 1.82) is 0 Å². The van der Waals surface area contributed by atoms with Gasteiger partial charge >= 0.3 is 0 Å². The van der Waals surface area contributed by atoms with E-state index in [1.807, 2.05) is 6.92 Å². The van der Waals surface area contributed by atoms with Crippen LogP contribution >= 0.6 is 8.58 Å². The average molecular weight is 374 g/mol. The second-order valence-electron chi connectivity index (χ2n) is 7.88. The lowest BCUT2D eigenvalue weighted by Crippen LogP contribution is -2.21. The van der Waals surface area contributed by atoms with E-state index in [-0.39, 0.29) is 12.2 Å². The Morgan fingerprint density at radius 1 is 1.04 bits per heavy atom. The van der Waals surface area contributed by atoms with E-state index in [9.17, 15) is 5.11 Å². The summed E-state index contributed by atoms with van der Waals surface area (Å²) < 4.78 is 11.2. The minimum absolute atomic E-state index is 0.0330. The Hall–Kier alpha value is -1.41. The molecule has 0 saturated heterocycles. The topological polar surface area (TPSA) is 38.7 Å². The van der Waals surface area contributed by atoms with Crippen LogP contribution in [0.25, 0.3) is 0 Å². The number of hydrogen-bond donors (Lipinski definition) is 1. The molecule has 2 rings (SSSR count). The first kappa shape index (κ1) is 20.9. The van der Waals surface area contributed by atoms with Gasteiger partial charge in [0.2, 0.25) is 0 Å². The highest BCUT2D eigenvalue weighted by Crippen LogP contribution is 2.35. The van der Waals surface area contributed by atoms with Gasteiger partial charge in [-0.3, -0.25) is 0 Å². The summed E-state index contributed by atoms with van der Waals surface area (Å²) in [5.41, 5.74) is 4.51. The van der Waals surface area contributed by atoms with Crippen molar-refractivity contribution in [2.45, 2.75) is 53.1 Å². The summed E-state index contributed by atoms with van der Waals surface area (Å²) in [6.07, 6.45) is -0.493. The molecule has 0 saturated carbocycles. The lowest BCUT2D eigenvalue weighted by molar-refractivity contribution is 0.0506. The fraction of sp³-hybridized carbons (Fsp3) is 0.455. The molecule has 2 aromatic rings. The molecule has 0 bridgehead atoms. The summed E-state index contributed by atoms with van der Waals surface area (Å²) in [6.45, 7) is 12.8. The van der Waals surface area contributed by atoms with Gasteiger partial charge in [-0.15, -0.1) is 0 Å². The van der Waals surface area contributed by atoms with Crippen LogP contribution in [0.5, 0.6) is 5.75 Å². The second-order valence-corrected chi connectivity index (χ2v) is 9.21. The van der Waals surface area contributed by atoms with Crippen LogP contribution in [-0.2, 0) is 10.2 Å². The Bertz CT molecular complexity index is 761. The van der Waals surface area contributed by atoms with E-state index >= 15 is 0 Å². The molecule has 3 nitrogen and oxygen atoms in total. The van der Waals surface area contributed by atoms with Crippen molar-refractivity contribution in [3.63, 3.8) is 0 Å². The molecule has 0 amide bonds. The maximum Gasteiger partial charge on any atom is 0.188 e. The molecular weight excluding hydrogens is 343 g/mol. The zero-order valence-electron chi connectivity index (χ0n) is 16.9. The Morgan fingerprint density at radius 2 is 1.73 bits per heavy atom. The third-order valence-corrected chi connectivity index (χ3v) is 5.65. The quantitative estimate of drug-likeness (QED) is 0.606.